The van der Waals surface area contributed by atoms with Crippen LogP contribution in [0.1, 0.15) is 0 Å². The van der Waals surface area contributed by atoms with E-state index in [0.717, 1.165) is 0 Å². The van der Waals surface area contributed by atoms with Crippen LogP contribution in [-0.4, -0.2) is 119 Å². The third-order valence-corrected chi connectivity index (χ3v) is 0. The molecule has 4 heteroatoms. The van der Waals surface area contributed by atoms with Gasteiger partial charge in [-0.15, -0.1) is 0 Å². The van der Waals surface area contributed by atoms with Crippen LogP contribution in [0.25, 0.3) is 0 Å². The van der Waals surface area contributed by atoms with Gasteiger partial charge in [-0.3, -0.25) is 0 Å². The topological polar surface area (TPSA) is 0 Å². The Morgan fingerprint density at radius 1 is 1.00 bits per heavy atom. The second-order valence-electron chi connectivity index (χ2n) is 0. The average molecular weight is 168 g/mol. The third kappa shape index (κ3) is 9.72. The van der Waals surface area contributed by atoms with Gasteiger partial charge in [0.05, 0.1) is 0 Å². The maximum absolute atomic E-state index is 0. The van der Waals surface area contributed by atoms with Gasteiger partial charge in [-0.05, 0) is 0 Å². The molecule has 0 nitrogen and oxygen atoms in total. The van der Waals surface area contributed by atoms with Crippen LogP contribution >= 0.6 is 0 Å². The summed E-state index contributed by atoms with van der Waals surface area (Å²) in [7, 11) is 0. The van der Waals surface area contributed by atoms with Gasteiger partial charge in [0.2, 0.25) is 0 Å². The molecule has 0 aromatic rings. The van der Waals surface area contributed by atoms with Gasteiger partial charge in [0.15, 0.2) is 0 Å². The molecule has 0 unspecified atom stereocenters. The van der Waals surface area contributed by atoms with Crippen LogP contribution in [-0.2, 0) is 19.5 Å². The zero-order valence-electron chi connectivity index (χ0n) is 3.41. The van der Waals surface area contributed by atoms with Crippen LogP contribution < -0.4 is 0 Å². The number of rotatable bonds is 0. The van der Waals surface area contributed by atoms with E-state index in [0.29, 0.717) is 0 Å². The largest absolute Gasteiger partial charge is 0 e. The van der Waals surface area contributed by atoms with Crippen LogP contribution in [0, 0.1) is 0 Å². The molecule has 0 aromatic carbocycles. The molecule has 0 aliphatic carbocycles. The summed E-state index contributed by atoms with van der Waals surface area (Å²) in [6.45, 7) is 0. The van der Waals surface area contributed by atoms with Crippen molar-refractivity contribution in [2.24, 2.45) is 0 Å². The van der Waals surface area contributed by atoms with Crippen LogP contribution in [0.4, 0.5) is 0 Å². The predicted octanol–water partition coefficient (Wildman–Crippen LogP) is -1.14. The smallest absolute Gasteiger partial charge is 0 e. The third-order valence-electron chi connectivity index (χ3n) is 0. The minimum absolute atomic E-state index is 0. The molecular weight excluding hydrogens is 168 g/mol. The first kappa shape index (κ1) is 23.6. The maximum Gasteiger partial charge on any atom is 0 e. The molecule has 0 amide bonds. The van der Waals surface area contributed by atoms with Gasteiger partial charge in [-0.25, -0.2) is 0 Å². The molecule has 4 radical (unpaired) electrons. The van der Waals surface area contributed by atoms with Gasteiger partial charge >= 0.3 is 0 Å². The van der Waals surface area contributed by atoms with E-state index in [4.69, 9.17) is 0 Å². The Kier molecular flexibility index (Phi) is 92.3. The van der Waals surface area contributed by atoms with Crippen molar-refractivity contribution < 1.29 is 19.5 Å². The molecule has 0 aliphatic heterocycles. The molecule has 0 atom stereocenters. The monoisotopic (exact) mass is 166 g/mol. The molecule has 0 fully saturated rings. The molecular formula is CaKNaZn. The van der Waals surface area contributed by atoms with Gasteiger partial charge in [0, 0.05) is 138 Å². The van der Waals surface area contributed by atoms with E-state index >= 15 is 0 Å². The van der Waals surface area contributed by atoms with Crippen molar-refractivity contribution in [1.82, 2.24) is 0 Å². The van der Waals surface area contributed by atoms with E-state index in [1.165, 1.54) is 0 Å². The van der Waals surface area contributed by atoms with Gasteiger partial charge in [0.1, 0.15) is 0 Å². The predicted molar refractivity (Wildman–Crippen MR) is 17.3 cm³/mol. The molecule has 0 saturated carbocycles. The van der Waals surface area contributed by atoms with Crippen LogP contribution in [0.2, 0.25) is 0 Å². The van der Waals surface area contributed by atoms with Crippen molar-refractivity contribution in [2.75, 3.05) is 0 Å². The van der Waals surface area contributed by atoms with E-state index in [2.05, 4.69) is 0 Å². The van der Waals surface area contributed by atoms with Crippen molar-refractivity contribution in [3.05, 3.63) is 0 Å². The Hall–Kier alpha value is 4.52. The van der Waals surface area contributed by atoms with Crippen molar-refractivity contribution in [3.63, 3.8) is 0 Å². The minimum Gasteiger partial charge on any atom is 0 e. The molecule has 0 saturated heterocycles. The van der Waals surface area contributed by atoms with Crippen LogP contribution in [0.5, 0.6) is 0 Å². The fourth-order valence-corrected chi connectivity index (χ4v) is 0. The van der Waals surface area contributed by atoms with Crippen molar-refractivity contribution in [1.29, 1.82) is 0 Å². The molecule has 0 aliphatic rings. The summed E-state index contributed by atoms with van der Waals surface area (Å²) in [5.74, 6) is 0. The Bertz CT molecular complexity index is 8.00. The molecule has 0 spiro atoms. The van der Waals surface area contributed by atoms with Crippen molar-refractivity contribution >= 4 is 119 Å². The Labute approximate surface area is 134 Å². The molecule has 0 rings (SSSR count). The summed E-state index contributed by atoms with van der Waals surface area (Å²) in [4.78, 5) is 0. The second-order valence-corrected chi connectivity index (χ2v) is 0. The zero-order valence-corrected chi connectivity index (χ0v) is 13.7. The standard InChI is InChI=1S/Ca.K.Na.Zn. The maximum atomic E-state index is 0. The number of hydrogen-bond donors (Lipinski definition) is 0. The summed E-state index contributed by atoms with van der Waals surface area (Å²) in [6.07, 6.45) is 0. The zero-order chi connectivity index (χ0) is 0. The summed E-state index contributed by atoms with van der Waals surface area (Å²) < 4.78 is 0. The van der Waals surface area contributed by atoms with Gasteiger partial charge in [0.25, 0.3) is 0 Å². The summed E-state index contributed by atoms with van der Waals surface area (Å²) in [5, 5.41) is 0. The van der Waals surface area contributed by atoms with Gasteiger partial charge in [-0.2, -0.15) is 0 Å². The van der Waals surface area contributed by atoms with Gasteiger partial charge in [-0.1, -0.05) is 0 Å². The van der Waals surface area contributed by atoms with Crippen molar-refractivity contribution in [2.45, 2.75) is 0 Å². The minimum atomic E-state index is 0. The quantitative estimate of drug-likeness (QED) is 0.400. The summed E-state index contributed by atoms with van der Waals surface area (Å²) in [6, 6.07) is 0. The van der Waals surface area contributed by atoms with Crippen molar-refractivity contribution in [3.8, 4) is 0 Å². The van der Waals surface area contributed by atoms with E-state index < -0.39 is 0 Å². The fourth-order valence-electron chi connectivity index (χ4n) is 0. The molecule has 6 valence electrons. The van der Waals surface area contributed by atoms with E-state index in [9.17, 15) is 0 Å². The first-order valence-corrected chi connectivity index (χ1v) is 0. The molecule has 0 N–H and O–H groups in total. The molecule has 0 aromatic heterocycles. The Morgan fingerprint density at radius 2 is 1.00 bits per heavy atom. The molecule has 0 bridgehead atoms. The number of hydrogen-bond acceptors (Lipinski definition) is 0. The fraction of sp³-hybridized carbons (Fsp3) is 0. The Morgan fingerprint density at radius 3 is 1.00 bits per heavy atom. The van der Waals surface area contributed by atoms with Crippen LogP contribution in [0.3, 0.4) is 0 Å². The van der Waals surface area contributed by atoms with Gasteiger partial charge < -0.3 is 0 Å². The molecule has 4 heavy (non-hydrogen) atoms. The summed E-state index contributed by atoms with van der Waals surface area (Å²) in [5.41, 5.74) is 0. The van der Waals surface area contributed by atoms with E-state index in [1.807, 2.05) is 0 Å². The molecule has 0 heterocycles. The normalized spacial score (nSPS) is 0. The first-order chi connectivity index (χ1) is 0. The first-order valence-electron chi connectivity index (χ1n) is 0. The average Bonchev–Trinajstić information content (AvgIpc) is 0. The Balaban J connectivity index is 0. The second kappa shape index (κ2) is 15.6. The summed E-state index contributed by atoms with van der Waals surface area (Å²) >= 11 is 0. The van der Waals surface area contributed by atoms with E-state index in [1.54, 1.807) is 0 Å². The SMILES string of the molecule is [Ca].[K].[Na].[Zn]. The van der Waals surface area contributed by atoms with Crippen LogP contribution in [0.15, 0.2) is 0 Å². The van der Waals surface area contributed by atoms with E-state index in [-0.39, 0.29) is 138 Å².